The van der Waals surface area contributed by atoms with Crippen molar-refractivity contribution in [1.82, 2.24) is 9.78 Å². The summed E-state index contributed by atoms with van der Waals surface area (Å²) in [6.07, 6.45) is 0. The summed E-state index contributed by atoms with van der Waals surface area (Å²) in [6, 6.07) is 7.35. The Kier molecular flexibility index (Phi) is 2.81. The molecule has 0 saturated carbocycles. The maximum absolute atomic E-state index is 12.1. The van der Waals surface area contributed by atoms with Crippen LogP contribution in [0, 0.1) is 11.3 Å². The fourth-order valence-electron chi connectivity index (χ4n) is 1.68. The number of aromatic carboxylic acids is 1. The molecule has 1 aromatic heterocycles. The van der Waals surface area contributed by atoms with Crippen LogP contribution in [0.4, 0.5) is 0 Å². The smallest absolute Gasteiger partial charge is 0.357 e. The van der Waals surface area contributed by atoms with E-state index in [1.807, 2.05) is 6.07 Å². The average molecular weight is 243 g/mol. The third-order valence-electron chi connectivity index (χ3n) is 2.58. The van der Waals surface area contributed by atoms with E-state index in [0.29, 0.717) is 0 Å². The Bertz CT molecular complexity index is 727. The second-order valence-corrected chi connectivity index (χ2v) is 3.75. The first-order valence-corrected chi connectivity index (χ1v) is 5.20. The molecule has 0 spiro atoms. The van der Waals surface area contributed by atoms with E-state index in [9.17, 15) is 9.59 Å². The number of carbonyl (C=O) groups is 1. The lowest BCUT2D eigenvalue weighted by atomic mass is 10.1. The Morgan fingerprint density at radius 1 is 1.44 bits per heavy atom. The maximum Gasteiger partial charge on any atom is 0.357 e. The Morgan fingerprint density at radius 2 is 2.06 bits per heavy atom. The maximum atomic E-state index is 12.1. The van der Waals surface area contributed by atoms with E-state index in [0.717, 1.165) is 4.68 Å². The van der Waals surface area contributed by atoms with Crippen LogP contribution in [-0.4, -0.2) is 20.9 Å². The van der Waals surface area contributed by atoms with Crippen molar-refractivity contribution in [3.8, 4) is 6.07 Å². The first-order chi connectivity index (χ1) is 8.56. The fourth-order valence-corrected chi connectivity index (χ4v) is 1.68. The van der Waals surface area contributed by atoms with Gasteiger partial charge < -0.3 is 5.11 Å². The molecule has 2 aromatic rings. The molecule has 0 bridgehead atoms. The quantitative estimate of drug-likeness (QED) is 0.854. The Hall–Kier alpha value is -2.68. The molecule has 1 heterocycles. The lowest BCUT2D eigenvalue weighted by Gasteiger charge is -2.09. The van der Waals surface area contributed by atoms with Gasteiger partial charge in [0.1, 0.15) is 6.04 Å². The Balaban J connectivity index is 2.93. The minimum absolute atomic E-state index is 0.229. The number of fused-ring (bicyclic) bond motifs is 1. The molecule has 0 amide bonds. The number of carboxylic acid groups (broad SMARTS) is 1. The summed E-state index contributed by atoms with van der Waals surface area (Å²) in [5.74, 6) is -1.23. The second-order valence-electron chi connectivity index (χ2n) is 3.75. The van der Waals surface area contributed by atoms with Crippen LogP contribution in [0.25, 0.3) is 10.8 Å². The van der Waals surface area contributed by atoms with Crippen LogP contribution in [-0.2, 0) is 0 Å². The van der Waals surface area contributed by atoms with E-state index in [-0.39, 0.29) is 16.5 Å². The van der Waals surface area contributed by atoms with Gasteiger partial charge in [-0.15, -0.1) is 0 Å². The normalized spacial score (nSPS) is 12.0. The van der Waals surface area contributed by atoms with Gasteiger partial charge in [-0.2, -0.15) is 10.4 Å². The van der Waals surface area contributed by atoms with Crippen molar-refractivity contribution in [2.24, 2.45) is 0 Å². The SMILES string of the molecule is C[C@@H](C#N)n1nc(C(=O)O)c2ccccc2c1=O. The molecule has 6 heteroatoms. The largest absolute Gasteiger partial charge is 0.476 e. The van der Waals surface area contributed by atoms with Gasteiger partial charge in [0.25, 0.3) is 5.56 Å². The highest BCUT2D eigenvalue weighted by Crippen LogP contribution is 2.14. The van der Waals surface area contributed by atoms with Crippen molar-refractivity contribution in [3.63, 3.8) is 0 Å². The summed E-state index contributed by atoms with van der Waals surface area (Å²) >= 11 is 0. The van der Waals surface area contributed by atoms with Crippen molar-refractivity contribution in [1.29, 1.82) is 5.26 Å². The van der Waals surface area contributed by atoms with Crippen molar-refractivity contribution in [2.75, 3.05) is 0 Å². The summed E-state index contributed by atoms with van der Waals surface area (Å²) in [6.45, 7) is 1.48. The zero-order chi connectivity index (χ0) is 13.3. The van der Waals surface area contributed by atoms with Gasteiger partial charge in [0.05, 0.1) is 11.5 Å². The molecule has 90 valence electrons. The Morgan fingerprint density at radius 3 is 2.61 bits per heavy atom. The van der Waals surface area contributed by atoms with E-state index in [1.165, 1.54) is 19.1 Å². The van der Waals surface area contributed by atoms with E-state index < -0.39 is 17.6 Å². The number of hydrogen-bond donors (Lipinski definition) is 1. The van der Waals surface area contributed by atoms with Gasteiger partial charge in [-0.1, -0.05) is 18.2 Å². The molecule has 1 aromatic carbocycles. The number of carboxylic acids is 1. The number of aromatic nitrogens is 2. The summed E-state index contributed by atoms with van der Waals surface area (Å²) in [5, 5.41) is 22.2. The molecule has 2 rings (SSSR count). The molecule has 0 saturated heterocycles. The molecule has 6 nitrogen and oxygen atoms in total. The van der Waals surface area contributed by atoms with E-state index in [1.54, 1.807) is 12.1 Å². The topological polar surface area (TPSA) is 96.0 Å². The molecule has 18 heavy (non-hydrogen) atoms. The number of benzene rings is 1. The predicted octanol–water partition coefficient (Wildman–Crippen LogP) is 1.18. The molecule has 1 atom stereocenters. The summed E-state index contributed by atoms with van der Waals surface area (Å²) in [5.41, 5.74) is -0.697. The highest BCUT2D eigenvalue weighted by molar-refractivity contribution is 6.01. The van der Waals surface area contributed by atoms with Crippen LogP contribution in [0.15, 0.2) is 29.1 Å². The highest BCUT2D eigenvalue weighted by atomic mass is 16.4. The van der Waals surface area contributed by atoms with Crippen molar-refractivity contribution < 1.29 is 9.90 Å². The molecule has 0 unspecified atom stereocenters. The minimum Gasteiger partial charge on any atom is -0.476 e. The van der Waals surface area contributed by atoms with E-state index >= 15 is 0 Å². The van der Waals surface area contributed by atoms with Gasteiger partial charge in [0.15, 0.2) is 5.69 Å². The molecule has 0 aliphatic heterocycles. The second kappa shape index (κ2) is 4.30. The molecule has 0 aliphatic rings. The molecule has 1 N–H and O–H groups in total. The van der Waals surface area contributed by atoms with Crippen molar-refractivity contribution in [3.05, 3.63) is 40.3 Å². The van der Waals surface area contributed by atoms with Crippen LogP contribution in [0.5, 0.6) is 0 Å². The standard InChI is InChI=1S/C12H9N3O3/c1-7(6-13)15-11(16)9-5-3-2-4-8(9)10(14-15)12(17)18/h2-5,7H,1H3,(H,17,18)/t7-/m0/s1. The summed E-state index contributed by atoms with van der Waals surface area (Å²) < 4.78 is 0.895. The summed E-state index contributed by atoms with van der Waals surface area (Å²) in [7, 11) is 0. The monoisotopic (exact) mass is 243 g/mol. The fraction of sp³-hybridized carbons (Fsp3) is 0.167. The average Bonchev–Trinajstić information content (AvgIpc) is 2.38. The molecule has 0 fully saturated rings. The molecular weight excluding hydrogens is 234 g/mol. The van der Waals surface area contributed by atoms with Crippen molar-refractivity contribution >= 4 is 16.7 Å². The first kappa shape index (κ1) is 11.8. The van der Waals surface area contributed by atoms with E-state index in [2.05, 4.69) is 5.10 Å². The summed E-state index contributed by atoms with van der Waals surface area (Å²) in [4.78, 5) is 23.2. The zero-order valence-electron chi connectivity index (χ0n) is 9.49. The van der Waals surface area contributed by atoms with E-state index in [4.69, 9.17) is 10.4 Å². The predicted molar refractivity (Wildman–Crippen MR) is 63.3 cm³/mol. The minimum atomic E-state index is -1.23. The number of nitrogens with zero attached hydrogens (tertiary/aromatic N) is 3. The first-order valence-electron chi connectivity index (χ1n) is 5.20. The van der Waals surface area contributed by atoms with Gasteiger partial charge in [0.2, 0.25) is 0 Å². The number of nitriles is 1. The van der Waals surface area contributed by atoms with Gasteiger partial charge in [0, 0.05) is 5.39 Å². The van der Waals surface area contributed by atoms with Crippen LogP contribution in [0.2, 0.25) is 0 Å². The van der Waals surface area contributed by atoms with Crippen molar-refractivity contribution in [2.45, 2.75) is 13.0 Å². The van der Waals surface area contributed by atoms with Crippen LogP contribution in [0.3, 0.4) is 0 Å². The lowest BCUT2D eigenvalue weighted by molar-refractivity contribution is 0.0690. The third kappa shape index (κ3) is 1.72. The van der Waals surface area contributed by atoms with Gasteiger partial charge in [-0.25, -0.2) is 9.48 Å². The molecule has 0 radical (unpaired) electrons. The number of rotatable bonds is 2. The van der Waals surface area contributed by atoms with Gasteiger partial charge in [-0.3, -0.25) is 4.79 Å². The Labute approximate surface area is 102 Å². The van der Waals surface area contributed by atoms with Crippen LogP contribution in [0.1, 0.15) is 23.5 Å². The number of hydrogen-bond acceptors (Lipinski definition) is 4. The molecule has 0 aliphatic carbocycles. The van der Waals surface area contributed by atoms with Gasteiger partial charge in [-0.05, 0) is 13.0 Å². The van der Waals surface area contributed by atoms with Crippen LogP contribution < -0.4 is 5.56 Å². The molecular formula is C12H9N3O3. The zero-order valence-corrected chi connectivity index (χ0v) is 9.49. The lowest BCUT2D eigenvalue weighted by Crippen LogP contribution is -2.28. The highest BCUT2D eigenvalue weighted by Gasteiger charge is 2.17. The van der Waals surface area contributed by atoms with Gasteiger partial charge >= 0.3 is 5.97 Å². The third-order valence-corrected chi connectivity index (χ3v) is 2.58. The van der Waals surface area contributed by atoms with Crippen LogP contribution >= 0.6 is 0 Å².